The number of methoxy groups -OCH3 is 1. The van der Waals surface area contributed by atoms with E-state index in [-0.39, 0.29) is 5.95 Å². The number of nitrogens with two attached hydrogens (primary N) is 2. The number of aromatic nitrogens is 3. The summed E-state index contributed by atoms with van der Waals surface area (Å²) in [6.45, 7) is 8.37. The Morgan fingerprint density at radius 3 is 2.48 bits per heavy atom. The van der Waals surface area contributed by atoms with Crippen molar-refractivity contribution in [1.82, 2.24) is 15.0 Å². The quantitative estimate of drug-likeness (QED) is 0.696. The highest BCUT2D eigenvalue weighted by Gasteiger charge is 2.12. The van der Waals surface area contributed by atoms with E-state index in [1.54, 1.807) is 13.3 Å². The number of hydrogen-bond donors (Lipinski definition) is 3. The van der Waals surface area contributed by atoms with Gasteiger partial charge in [0.25, 0.3) is 0 Å². The molecule has 0 spiro atoms. The van der Waals surface area contributed by atoms with Crippen LogP contribution >= 0.6 is 15.9 Å². The van der Waals surface area contributed by atoms with Crippen LogP contribution in [0, 0.1) is 13.8 Å². The van der Waals surface area contributed by atoms with Crippen LogP contribution in [0.5, 0.6) is 5.75 Å². The van der Waals surface area contributed by atoms with Crippen molar-refractivity contribution in [3.05, 3.63) is 27.6 Å². The van der Waals surface area contributed by atoms with Gasteiger partial charge in [-0.1, -0.05) is 13.8 Å². The lowest BCUT2D eigenvalue weighted by Crippen LogP contribution is -2.10. The maximum atomic E-state index is 5.90. The van der Waals surface area contributed by atoms with Gasteiger partial charge in [0.15, 0.2) is 5.82 Å². The SMILES string of the molecule is CC.COc1c(C)cnc(CNc2nc(N)nc(Br)c2N)c1C. The van der Waals surface area contributed by atoms with Crippen molar-refractivity contribution >= 4 is 33.4 Å². The highest BCUT2D eigenvalue weighted by Crippen LogP contribution is 2.27. The van der Waals surface area contributed by atoms with Crippen molar-refractivity contribution < 1.29 is 4.74 Å². The summed E-state index contributed by atoms with van der Waals surface area (Å²) in [5.41, 5.74) is 14.7. The molecule has 0 saturated heterocycles. The number of hydrogen-bond acceptors (Lipinski definition) is 7. The Morgan fingerprint density at radius 2 is 1.87 bits per heavy atom. The number of nitrogens with one attached hydrogen (secondary N) is 1. The molecule has 7 nitrogen and oxygen atoms in total. The summed E-state index contributed by atoms with van der Waals surface area (Å²) >= 11 is 3.24. The second kappa shape index (κ2) is 8.52. The molecule has 0 fully saturated rings. The summed E-state index contributed by atoms with van der Waals surface area (Å²) in [6, 6.07) is 0. The average Bonchev–Trinajstić information content (AvgIpc) is 2.53. The van der Waals surface area contributed by atoms with E-state index in [2.05, 4.69) is 36.2 Å². The molecule has 0 aliphatic heterocycles. The molecule has 8 heteroatoms. The minimum atomic E-state index is 0.143. The molecule has 0 saturated carbocycles. The minimum absolute atomic E-state index is 0.143. The lowest BCUT2D eigenvalue weighted by atomic mass is 10.1. The Labute approximate surface area is 145 Å². The molecule has 2 rings (SSSR count). The highest BCUT2D eigenvalue weighted by molar-refractivity contribution is 9.10. The van der Waals surface area contributed by atoms with Crippen molar-refractivity contribution in [2.75, 3.05) is 23.9 Å². The Morgan fingerprint density at radius 1 is 1.22 bits per heavy atom. The number of ether oxygens (including phenoxy) is 1. The molecule has 5 N–H and O–H groups in total. The number of aryl methyl sites for hydroxylation is 1. The molecule has 0 aromatic carbocycles. The molecule has 0 aliphatic rings. The van der Waals surface area contributed by atoms with Crippen LogP contribution in [-0.2, 0) is 6.54 Å². The van der Waals surface area contributed by atoms with Gasteiger partial charge in [0, 0.05) is 17.3 Å². The zero-order valence-electron chi connectivity index (χ0n) is 14.1. The fraction of sp³-hybridized carbons (Fsp3) is 0.400. The third-order valence-corrected chi connectivity index (χ3v) is 3.69. The number of anilines is 3. The fourth-order valence-corrected chi connectivity index (χ4v) is 2.38. The van der Waals surface area contributed by atoms with Gasteiger partial charge >= 0.3 is 0 Å². The molecular weight excluding hydrogens is 360 g/mol. The summed E-state index contributed by atoms with van der Waals surface area (Å²) in [5.74, 6) is 1.44. The largest absolute Gasteiger partial charge is 0.496 e. The second-order valence-corrected chi connectivity index (χ2v) is 5.29. The van der Waals surface area contributed by atoms with E-state index in [1.807, 2.05) is 27.7 Å². The van der Waals surface area contributed by atoms with E-state index in [9.17, 15) is 0 Å². The standard InChI is InChI=1S/C13H17BrN6O.C2H6/c1-6-4-17-8(7(2)10(6)21-3)5-18-12-9(15)11(14)19-13(16)20-12;1-2/h4H,5,15H2,1-3H3,(H3,16,18,19,20);1-2H3. The topological polar surface area (TPSA) is 112 Å². The normalized spacial score (nSPS) is 9.83. The smallest absolute Gasteiger partial charge is 0.223 e. The van der Waals surface area contributed by atoms with Gasteiger partial charge in [-0.25, -0.2) is 4.98 Å². The van der Waals surface area contributed by atoms with E-state index in [0.29, 0.717) is 22.7 Å². The van der Waals surface area contributed by atoms with Crippen molar-refractivity contribution in [1.29, 1.82) is 0 Å². The molecule has 0 aliphatic carbocycles. The van der Waals surface area contributed by atoms with Crippen molar-refractivity contribution in [3.8, 4) is 5.75 Å². The summed E-state index contributed by atoms with van der Waals surface area (Å²) in [5, 5.41) is 3.12. The molecule has 0 unspecified atom stereocenters. The summed E-state index contributed by atoms with van der Waals surface area (Å²) in [7, 11) is 1.65. The zero-order valence-corrected chi connectivity index (χ0v) is 15.7. The number of nitrogen functional groups attached to an aromatic ring is 2. The molecule has 23 heavy (non-hydrogen) atoms. The highest BCUT2D eigenvalue weighted by atomic mass is 79.9. The van der Waals surface area contributed by atoms with E-state index < -0.39 is 0 Å². The van der Waals surface area contributed by atoms with Gasteiger partial charge in [-0.2, -0.15) is 4.98 Å². The van der Waals surface area contributed by atoms with E-state index in [1.165, 1.54) is 0 Å². The molecule has 126 valence electrons. The van der Waals surface area contributed by atoms with E-state index >= 15 is 0 Å². The molecule has 0 bridgehead atoms. The van der Waals surface area contributed by atoms with E-state index in [0.717, 1.165) is 22.6 Å². The Bertz CT molecular complexity index is 678. The van der Waals surface area contributed by atoms with Crippen LogP contribution in [0.25, 0.3) is 0 Å². The first-order valence-corrected chi connectivity index (χ1v) is 8.04. The number of nitrogens with zero attached hydrogens (tertiary/aromatic N) is 3. The van der Waals surface area contributed by atoms with Crippen LogP contribution in [0.2, 0.25) is 0 Å². The second-order valence-electron chi connectivity index (χ2n) is 4.53. The Kier molecular flexibility index (Phi) is 7.02. The zero-order chi connectivity index (χ0) is 17.6. The molecular formula is C15H23BrN6O. The third-order valence-electron chi connectivity index (χ3n) is 3.09. The van der Waals surface area contributed by atoms with Crippen LogP contribution in [0.1, 0.15) is 30.7 Å². The predicted octanol–water partition coefficient (Wildman–Crippen LogP) is 3.06. The van der Waals surface area contributed by atoms with Gasteiger partial charge < -0.3 is 21.5 Å². The van der Waals surface area contributed by atoms with Gasteiger partial charge in [0.05, 0.1) is 19.3 Å². The maximum Gasteiger partial charge on any atom is 0.223 e. The minimum Gasteiger partial charge on any atom is -0.496 e. The monoisotopic (exact) mass is 382 g/mol. The van der Waals surface area contributed by atoms with Crippen molar-refractivity contribution in [3.63, 3.8) is 0 Å². The first kappa shape index (κ1) is 19.0. The first-order chi connectivity index (χ1) is 10.9. The molecule has 0 atom stereocenters. The summed E-state index contributed by atoms with van der Waals surface area (Å²) < 4.78 is 5.85. The first-order valence-electron chi connectivity index (χ1n) is 7.25. The van der Waals surface area contributed by atoms with Crippen LogP contribution in [-0.4, -0.2) is 22.1 Å². The molecule has 2 heterocycles. The fourth-order valence-electron chi connectivity index (χ4n) is 2.01. The summed E-state index contributed by atoms with van der Waals surface area (Å²) in [4.78, 5) is 12.4. The van der Waals surface area contributed by atoms with Crippen LogP contribution in [0.4, 0.5) is 17.5 Å². The van der Waals surface area contributed by atoms with Gasteiger partial charge in [0.1, 0.15) is 16.0 Å². The molecule has 2 aromatic heterocycles. The Balaban J connectivity index is 0.00000127. The molecule has 2 aromatic rings. The average molecular weight is 383 g/mol. The number of rotatable bonds is 4. The lowest BCUT2D eigenvalue weighted by Gasteiger charge is -2.14. The molecule has 0 amide bonds. The van der Waals surface area contributed by atoms with Gasteiger partial charge in [-0.3, -0.25) is 4.98 Å². The number of pyridine rings is 1. The maximum absolute atomic E-state index is 5.90. The van der Waals surface area contributed by atoms with Crippen molar-refractivity contribution in [2.24, 2.45) is 0 Å². The Hall–Kier alpha value is -2.09. The van der Waals surface area contributed by atoms with Gasteiger partial charge in [0.2, 0.25) is 5.95 Å². The lowest BCUT2D eigenvalue weighted by molar-refractivity contribution is 0.407. The van der Waals surface area contributed by atoms with Crippen LogP contribution < -0.4 is 21.5 Å². The third kappa shape index (κ3) is 4.44. The van der Waals surface area contributed by atoms with Crippen molar-refractivity contribution in [2.45, 2.75) is 34.2 Å². The van der Waals surface area contributed by atoms with Gasteiger partial charge in [-0.05, 0) is 29.8 Å². The molecule has 0 radical (unpaired) electrons. The summed E-state index contributed by atoms with van der Waals surface area (Å²) in [6.07, 6.45) is 1.77. The van der Waals surface area contributed by atoms with Gasteiger partial charge in [-0.15, -0.1) is 0 Å². The van der Waals surface area contributed by atoms with Crippen LogP contribution in [0.3, 0.4) is 0 Å². The van der Waals surface area contributed by atoms with E-state index in [4.69, 9.17) is 16.2 Å². The van der Waals surface area contributed by atoms with Crippen LogP contribution in [0.15, 0.2) is 10.8 Å². The number of halogens is 1. The predicted molar refractivity (Wildman–Crippen MR) is 97.5 cm³/mol.